The van der Waals surface area contributed by atoms with Crippen LogP contribution in [0.1, 0.15) is 5.56 Å². The quantitative estimate of drug-likeness (QED) is 0.517. The lowest BCUT2D eigenvalue weighted by Crippen LogP contribution is -2.20. The Bertz CT molecular complexity index is 1030. The third-order valence-electron chi connectivity index (χ3n) is 4.36. The Morgan fingerprint density at radius 2 is 1.48 bits per heavy atom. The lowest BCUT2D eigenvalue weighted by molar-refractivity contribution is -0.118. The Morgan fingerprint density at radius 3 is 2.13 bits per heavy atom. The molecule has 0 heterocycles. The van der Waals surface area contributed by atoms with Gasteiger partial charge in [0.05, 0.1) is 21.3 Å². The smallest absolute Gasteiger partial charge is 0.262 e. The summed E-state index contributed by atoms with van der Waals surface area (Å²) in [6.45, 7) is -0.0947. The molecule has 0 saturated heterocycles. The molecule has 31 heavy (non-hydrogen) atoms. The van der Waals surface area contributed by atoms with Crippen LogP contribution in [-0.2, 0) is 4.79 Å². The first-order chi connectivity index (χ1) is 15.1. The number of nitrogens with zero attached hydrogens (tertiary/aromatic N) is 1. The normalized spacial score (nSPS) is 10.5. The first kappa shape index (κ1) is 21.7. The number of carbonyl (C=O) groups is 1. The predicted octanol–water partition coefficient (Wildman–Crippen LogP) is 4.48. The molecule has 0 atom stereocenters. The zero-order valence-electron chi connectivity index (χ0n) is 17.6. The van der Waals surface area contributed by atoms with Crippen LogP contribution < -0.4 is 24.3 Å². The second kappa shape index (κ2) is 10.7. The summed E-state index contributed by atoms with van der Waals surface area (Å²) in [5, 5.41) is 2.77. The molecular weight excluding hydrogens is 396 g/mol. The highest BCUT2D eigenvalue weighted by molar-refractivity contribution is 5.92. The van der Waals surface area contributed by atoms with Gasteiger partial charge in [-0.2, -0.15) is 0 Å². The van der Waals surface area contributed by atoms with Crippen molar-refractivity contribution >= 4 is 23.5 Å². The highest BCUT2D eigenvalue weighted by atomic mass is 16.5. The summed E-state index contributed by atoms with van der Waals surface area (Å²) in [6.07, 6.45) is 1.73. The number of rotatable bonds is 9. The van der Waals surface area contributed by atoms with Crippen molar-refractivity contribution in [2.75, 3.05) is 33.3 Å². The van der Waals surface area contributed by atoms with Gasteiger partial charge in [-0.1, -0.05) is 0 Å². The largest absolute Gasteiger partial charge is 0.497 e. The van der Waals surface area contributed by atoms with Crippen LogP contribution in [0.25, 0.3) is 0 Å². The average Bonchev–Trinajstić information content (AvgIpc) is 2.82. The van der Waals surface area contributed by atoms with E-state index in [0.29, 0.717) is 28.6 Å². The van der Waals surface area contributed by atoms with Crippen LogP contribution in [0.2, 0.25) is 0 Å². The Hall–Kier alpha value is -4.00. The first-order valence-electron chi connectivity index (χ1n) is 9.54. The van der Waals surface area contributed by atoms with Gasteiger partial charge in [0, 0.05) is 18.0 Å². The van der Waals surface area contributed by atoms with Crippen molar-refractivity contribution in [1.29, 1.82) is 0 Å². The summed E-state index contributed by atoms with van der Waals surface area (Å²) >= 11 is 0. The van der Waals surface area contributed by atoms with E-state index >= 15 is 0 Å². The van der Waals surface area contributed by atoms with Crippen molar-refractivity contribution in [2.24, 2.45) is 4.99 Å². The van der Waals surface area contributed by atoms with Gasteiger partial charge in [-0.05, 0) is 66.2 Å². The minimum atomic E-state index is -0.248. The molecule has 7 nitrogen and oxygen atoms in total. The van der Waals surface area contributed by atoms with E-state index in [4.69, 9.17) is 18.9 Å². The van der Waals surface area contributed by atoms with Gasteiger partial charge in [0.2, 0.25) is 0 Å². The van der Waals surface area contributed by atoms with Gasteiger partial charge in [0.25, 0.3) is 5.91 Å². The zero-order valence-corrected chi connectivity index (χ0v) is 17.6. The fourth-order valence-electron chi connectivity index (χ4n) is 2.71. The number of methoxy groups -OCH3 is 3. The summed E-state index contributed by atoms with van der Waals surface area (Å²) < 4.78 is 21.2. The second-order valence-corrected chi connectivity index (χ2v) is 6.43. The number of ether oxygens (including phenoxy) is 4. The lowest BCUT2D eigenvalue weighted by atomic mass is 10.2. The van der Waals surface area contributed by atoms with Crippen molar-refractivity contribution < 1.29 is 23.7 Å². The lowest BCUT2D eigenvalue weighted by Gasteiger charge is -2.08. The third-order valence-corrected chi connectivity index (χ3v) is 4.36. The number of aliphatic imine (C=N–C) groups is 1. The molecule has 0 fully saturated rings. The van der Waals surface area contributed by atoms with Crippen molar-refractivity contribution in [3.63, 3.8) is 0 Å². The maximum absolute atomic E-state index is 12.1. The van der Waals surface area contributed by atoms with Crippen LogP contribution in [0.4, 0.5) is 11.4 Å². The molecule has 0 aliphatic heterocycles. The van der Waals surface area contributed by atoms with E-state index in [0.717, 1.165) is 11.3 Å². The van der Waals surface area contributed by atoms with E-state index in [9.17, 15) is 4.79 Å². The molecule has 0 bridgehead atoms. The van der Waals surface area contributed by atoms with Crippen LogP contribution in [-0.4, -0.2) is 40.1 Å². The fourth-order valence-corrected chi connectivity index (χ4v) is 2.71. The highest BCUT2D eigenvalue weighted by Gasteiger charge is 2.05. The van der Waals surface area contributed by atoms with Crippen LogP contribution in [0.15, 0.2) is 71.7 Å². The number of hydrogen-bond acceptors (Lipinski definition) is 6. The molecule has 0 aliphatic carbocycles. The minimum absolute atomic E-state index is 0.0947. The van der Waals surface area contributed by atoms with Gasteiger partial charge in [-0.15, -0.1) is 0 Å². The molecule has 0 radical (unpaired) electrons. The second-order valence-electron chi connectivity index (χ2n) is 6.43. The number of anilines is 1. The molecule has 0 saturated carbocycles. The van der Waals surface area contributed by atoms with Crippen molar-refractivity contribution in [3.8, 4) is 23.0 Å². The Labute approximate surface area is 181 Å². The van der Waals surface area contributed by atoms with Crippen molar-refractivity contribution in [2.45, 2.75) is 0 Å². The number of amides is 1. The Kier molecular flexibility index (Phi) is 7.48. The van der Waals surface area contributed by atoms with Crippen LogP contribution in [0.5, 0.6) is 23.0 Å². The summed E-state index contributed by atoms with van der Waals surface area (Å²) in [5.41, 5.74) is 2.25. The Balaban J connectivity index is 1.54. The maximum Gasteiger partial charge on any atom is 0.262 e. The van der Waals surface area contributed by atoms with Gasteiger partial charge in [-0.3, -0.25) is 9.79 Å². The van der Waals surface area contributed by atoms with Gasteiger partial charge in [0.1, 0.15) is 28.7 Å². The van der Waals surface area contributed by atoms with E-state index in [1.807, 2.05) is 24.3 Å². The average molecular weight is 420 g/mol. The highest BCUT2D eigenvalue weighted by Crippen LogP contribution is 2.31. The molecular formula is C24H24N2O5. The molecule has 0 aromatic heterocycles. The van der Waals surface area contributed by atoms with Crippen LogP contribution in [0, 0.1) is 0 Å². The third kappa shape index (κ3) is 6.24. The SMILES string of the molecule is COc1ccc(NC(=O)COc2ccc(C=Nc3ccc(OC)cc3OC)cc2)cc1. The standard InChI is InChI=1S/C24H24N2O5/c1-28-19-10-6-18(7-11-19)26-24(27)16-31-20-8-4-17(5-9-20)15-25-22-13-12-21(29-2)14-23(22)30-3/h4-15H,16H2,1-3H3,(H,26,27). The summed E-state index contributed by atoms with van der Waals surface area (Å²) in [7, 11) is 4.78. The summed E-state index contributed by atoms with van der Waals surface area (Å²) in [4.78, 5) is 16.5. The summed E-state index contributed by atoms with van der Waals surface area (Å²) in [6, 6.07) is 19.8. The molecule has 160 valence electrons. The zero-order chi connectivity index (χ0) is 22.1. The molecule has 1 N–H and O–H groups in total. The Morgan fingerprint density at radius 1 is 0.839 bits per heavy atom. The van der Waals surface area contributed by atoms with E-state index in [-0.39, 0.29) is 12.5 Å². The van der Waals surface area contributed by atoms with Crippen LogP contribution in [0.3, 0.4) is 0 Å². The monoisotopic (exact) mass is 420 g/mol. The molecule has 7 heteroatoms. The molecule has 0 spiro atoms. The topological polar surface area (TPSA) is 78.4 Å². The number of nitrogens with one attached hydrogen (secondary N) is 1. The van der Waals surface area contributed by atoms with E-state index in [2.05, 4.69) is 10.3 Å². The van der Waals surface area contributed by atoms with Crippen LogP contribution >= 0.6 is 0 Å². The molecule has 0 unspecified atom stereocenters. The minimum Gasteiger partial charge on any atom is -0.497 e. The molecule has 0 aliphatic rings. The van der Waals surface area contributed by atoms with E-state index < -0.39 is 0 Å². The predicted molar refractivity (Wildman–Crippen MR) is 120 cm³/mol. The van der Waals surface area contributed by atoms with Crippen molar-refractivity contribution in [1.82, 2.24) is 0 Å². The fraction of sp³-hybridized carbons (Fsp3) is 0.167. The van der Waals surface area contributed by atoms with Gasteiger partial charge in [-0.25, -0.2) is 0 Å². The molecule has 3 aromatic carbocycles. The van der Waals surface area contributed by atoms with Crippen molar-refractivity contribution in [3.05, 3.63) is 72.3 Å². The molecule has 1 amide bonds. The van der Waals surface area contributed by atoms with Gasteiger partial charge >= 0.3 is 0 Å². The maximum atomic E-state index is 12.1. The number of carbonyl (C=O) groups excluding carboxylic acids is 1. The van der Waals surface area contributed by atoms with E-state index in [1.54, 1.807) is 70.0 Å². The van der Waals surface area contributed by atoms with Gasteiger partial charge < -0.3 is 24.3 Å². The number of benzene rings is 3. The van der Waals surface area contributed by atoms with Gasteiger partial charge in [0.15, 0.2) is 6.61 Å². The summed E-state index contributed by atoms with van der Waals surface area (Å²) in [5.74, 6) is 2.39. The first-order valence-corrected chi connectivity index (χ1v) is 9.54. The molecule has 3 aromatic rings. The number of hydrogen-bond donors (Lipinski definition) is 1. The van der Waals surface area contributed by atoms with E-state index in [1.165, 1.54) is 0 Å². The molecule has 3 rings (SSSR count).